The molecular formula is C14H16N2O2S3. The Hall–Kier alpha value is -1.44. The summed E-state index contributed by atoms with van der Waals surface area (Å²) in [5.74, 6) is 0. The average molecular weight is 340 g/mol. The fourth-order valence-electron chi connectivity index (χ4n) is 2.12. The van der Waals surface area contributed by atoms with E-state index in [2.05, 4.69) is 4.72 Å². The third kappa shape index (κ3) is 3.42. The van der Waals surface area contributed by atoms with Crippen molar-refractivity contribution < 1.29 is 8.42 Å². The zero-order valence-electron chi connectivity index (χ0n) is 11.9. The minimum absolute atomic E-state index is 0.198. The van der Waals surface area contributed by atoms with Crippen LogP contribution in [0.25, 0.3) is 0 Å². The maximum absolute atomic E-state index is 12.4. The molecule has 4 nitrogen and oxygen atoms in total. The van der Waals surface area contributed by atoms with Crippen LogP contribution >= 0.6 is 23.6 Å². The summed E-state index contributed by atoms with van der Waals surface area (Å²) in [4.78, 5) is 0.784. The molecule has 0 atom stereocenters. The molecule has 0 unspecified atom stereocenters. The first-order valence-electron chi connectivity index (χ1n) is 6.21. The van der Waals surface area contributed by atoms with Crippen molar-refractivity contribution in [3.05, 3.63) is 45.8 Å². The van der Waals surface area contributed by atoms with Gasteiger partial charge in [0.05, 0.1) is 10.6 Å². The standard InChI is InChI=1S/C14H16N2O2S3/c1-8-6-9(2)13(10(3)7-8)16-21(17,18)12-5-4-11(20-12)14(15)19/h4-7,16H,1-3H3,(H2,15,19). The predicted octanol–water partition coefficient (Wildman–Crippen LogP) is 3.11. The Labute approximate surface area is 134 Å². The topological polar surface area (TPSA) is 72.2 Å². The molecule has 2 aromatic rings. The van der Waals surface area contributed by atoms with Gasteiger partial charge in [-0.15, -0.1) is 11.3 Å². The average Bonchev–Trinajstić information content (AvgIpc) is 2.84. The molecule has 7 heteroatoms. The molecule has 3 N–H and O–H groups in total. The number of hydrogen-bond donors (Lipinski definition) is 2. The molecule has 0 fully saturated rings. The molecule has 0 bridgehead atoms. The predicted molar refractivity (Wildman–Crippen MR) is 91.7 cm³/mol. The molecule has 1 heterocycles. The highest BCUT2D eigenvalue weighted by Crippen LogP contribution is 2.28. The van der Waals surface area contributed by atoms with Crippen LogP contribution in [0.1, 0.15) is 21.6 Å². The van der Waals surface area contributed by atoms with E-state index >= 15 is 0 Å². The SMILES string of the molecule is Cc1cc(C)c(NS(=O)(=O)c2ccc(C(N)=S)s2)c(C)c1. The third-order valence-corrected chi connectivity index (χ3v) is 6.31. The van der Waals surface area contributed by atoms with Crippen LogP contribution in [0, 0.1) is 20.8 Å². The van der Waals surface area contributed by atoms with Crippen LogP contribution in [0.5, 0.6) is 0 Å². The molecule has 112 valence electrons. The van der Waals surface area contributed by atoms with Crippen LogP contribution in [0.3, 0.4) is 0 Å². The summed E-state index contributed by atoms with van der Waals surface area (Å²) in [5, 5.41) is 0. The van der Waals surface area contributed by atoms with Gasteiger partial charge in [0.15, 0.2) is 0 Å². The molecular weight excluding hydrogens is 324 g/mol. The van der Waals surface area contributed by atoms with Crippen LogP contribution in [-0.2, 0) is 10.0 Å². The Balaban J connectivity index is 2.40. The summed E-state index contributed by atoms with van der Waals surface area (Å²) in [5.41, 5.74) is 9.01. The molecule has 1 aromatic heterocycles. The lowest BCUT2D eigenvalue weighted by molar-refractivity contribution is 0.603. The van der Waals surface area contributed by atoms with E-state index in [1.165, 1.54) is 6.07 Å². The van der Waals surface area contributed by atoms with Gasteiger partial charge < -0.3 is 5.73 Å². The lowest BCUT2D eigenvalue weighted by Crippen LogP contribution is -2.13. The number of anilines is 1. The van der Waals surface area contributed by atoms with Gasteiger partial charge in [0, 0.05) is 0 Å². The number of thiocarbonyl (C=S) groups is 1. The van der Waals surface area contributed by atoms with Gasteiger partial charge in [-0.3, -0.25) is 4.72 Å². The number of nitrogens with one attached hydrogen (secondary N) is 1. The highest BCUT2D eigenvalue weighted by molar-refractivity contribution is 7.94. The van der Waals surface area contributed by atoms with Crippen LogP contribution in [-0.4, -0.2) is 13.4 Å². The van der Waals surface area contributed by atoms with Gasteiger partial charge in [0.1, 0.15) is 9.20 Å². The molecule has 0 radical (unpaired) electrons. The monoisotopic (exact) mass is 340 g/mol. The maximum Gasteiger partial charge on any atom is 0.271 e. The fourth-order valence-corrected chi connectivity index (χ4v) is 4.68. The Morgan fingerprint density at radius 1 is 1.19 bits per heavy atom. The van der Waals surface area contributed by atoms with E-state index in [4.69, 9.17) is 18.0 Å². The van der Waals surface area contributed by atoms with Crippen molar-refractivity contribution in [1.82, 2.24) is 0 Å². The van der Waals surface area contributed by atoms with E-state index in [-0.39, 0.29) is 9.20 Å². The lowest BCUT2D eigenvalue weighted by atomic mass is 10.1. The van der Waals surface area contributed by atoms with Gasteiger partial charge in [-0.2, -0.15) is 0 Å². The number of hydrogen-bond acceptors (Lipinski definition) is 4. The van der Waals surface area contributed by atoms with Gasteiger partial charge in [-0.25, -0.2) is 8.42 Å². The number of thiophene rings is 1. The summed E-state index contributed by atoms with van der Waals surface area (Å²) in [7, 11) is -3.63. The first-order valence-corrected chi connectivity index (χ1v) is 8.92. The van der Waals surface area contributed by atoms with Crippen molar-refractivity contribution in [1.29, 1.82) is 0 Å². The number of sulfonamides is 1. The van der Waals surface area contributed by atoms with Crippen LogP contribution in [0.2, 0.25) is 0 Å². The van der Waals surface area contributed by atoms with Crippen LogP contribution in [0.15, 0.2) is 28.5 Å². The first-order chi connectivity index (χ1) is 9.70. The Bertz CT molecular complexity index is 784. The van der Waals surface area contributed by atoms with Crippen LogP contribution in [0.4, 0.5) is 5.69 Å². The second-order valence-corrected chi connectivity index (χ2v) is 8.29. The Morgan fingerprint density at radius 2 is 1.76 bits per heavy atom. The first kappa shape index (κ1) is 15.9. The van der Waals surface area contributed by atoms with Crippen molar-refractivity contribution in [3.63, 3.8) is 0 Å². The van der Waals surface area contributed by atoms with Crippen molar-refractivity contribution >= 4 is 44.3 Å². The molecule has 0 amide bonds. The van der Waals surface area contributed by atoms with E-state index in [0.29, 0.717) is 10.6 Å². The molecule has 0 spiro atoms. The van der Waals surface area contributed by atoms with Crippen molar-refractivity contribution in [2.75, 3.05) is 4.72 Å². The Kier molecular flexibility index (Phi) is 4.36. The largest absolute Gasteiger partial charge is 0.389 e. The highest BCUT2D eigenvalue weighted by atomic mass is 32.2. The summed E-state index contributed by atoms with van der Waals surface area (Å²) in [6.45, 7) is 5.74. The molecule has 0 saturated heterocycles. The fraction of sp³-hybridized carbons (Fsp3) is 0.214. The second kappa shape index (κ2) is 5.75. The third-order valence-electron chi connectivity index (χ3n) is 3.00. The van der Waals surface area contributed by atoms with E-state index in [1.807, 2.05) is 32.9 Å². The minimum Gasteiger partial charge on any atom is -0.389 e. The highest BCUT2D eigenvalue weighted by Gasteiger charge is 2.19. The van der Waals surface area contributed by atoms with E-state index < -0.39 is 10.0 Å². The second-order valence-electron chi connectivity index (χ2n) is 4.86. The van der Waals surface area contributed by atoms with E-state index in [9.17, 15) is 8.42 Å². The van der Waals surface area contributed by atoms with Crippen LogP contribution < -0.4 is 10.5 Å². The van der Waals surface area contributed by atoms with Gasteiger partial charge in [-0.1, -0.05) is 29.9 Å². The molecule has 0 saturated carbocycles. The molecule has 2 rings (SSSR count). The van der Waals surface area contributed by atoms with E-state index in [1.54, 1.807) is 6.07 Å². The molecule has 0 aliphatic rings. The minimum atomic E-state index is -3.63. The van der Waals surface area contributed by atoms with Gasteiger partial charge in [0.25, 0.3) is 10.0 Å². The van der Waals surface area contributed by atoms with Crippen molar-refractivity contribution in [2.24, 2.45) is 5.73 Å². The smallest absolute Gasteiger partial charge is 0.271 e. The summed E-state index contributed by atoms with van der Waals surface area (Å²) in [6.07, 6.45) is 0. The molecule has 1 aromatic carbocycles. The lowest BCUT2D eigenvalue weighted by Gasteiger charge is -2.13. The summed E-state index contributed by atoms with van der Waals surface area (Å²) in [6, 6.07) is 7.02. The number of rotatable bonds is 4. The number of benzene rings is 1. The maximum atomic E-state index is 12.4. The van der Waals surface area contributed by atoms with Crippen molar-refractivity contribution in [3.8, 4) is 0 Å². The Morgan fingerprint density at radius 3 is 2.24 bits per heavy atom. The number of nitrogens with two attached hydrogens (primary N) is 1. The van der Waals surface area contributed by atoms with Gasteiger partial charge in [-0.05, 0) is 44.0 Å². The summed E-state index contributed by atoms with van der Waals surface area (Å²) < 4.78 is 27.7. The quantitative estimate of drug-likeness (QED) is 0.839. The van der Waals surface area contributed by atoms with E-state index in [0.717, 1.165) is 28.0 Å². The van der Waals surface area contributed by atoms with Gasteiger partial charge in [0.2, 0.25) is 0 Å². The molecule has 21 heavy (non-hydrogen) atoms. The molecule has 0 aliphatic heterocycles. The number of aryl methyl sites for hydroxylation is 3. The summed E-state index contributed by atoms with van der Waals surface area (Å²) >= 11 is 5.92. The zero-order valence-corrected chi connectivity index (χ0v) is 14.4. The molecule has 0 aliphatic carbocycles. The zero-order chi connectivity index (χ0) is 15.8. The van der Waals surface area contributed by atoms with Gasteiger partial charge >= 0.3 is 0 Å². The van der Waals surface area contributed by atoms with Crippen molar-refractivity contribution in [2.45, 2.75) is 25.0 Å². The normalized spacial score (nSPS) is 11.4.